The number of carbonyl (C=O) groups excluding carboxylic acids is 1. The van der Waals surface area contributed by atoms with Crippen LogP contribution in [0.4, 0.5) is 4.79 Å². The Morgan fingerprint density at radius 1 is 1.00 bits per heavy atom. The Hall–Kier alpha value is -3.90. The lowest BCUT2D eigenvalue weighted by molar-refractivity contribution is 0.203. The first-order valence-electron chi connectivity index (χ1n) is 11.0. The molecule has 4 aromatic rings. The summed E-state index contributed by atoms with van der Waals surface area (Å²) < 4.78 is 5.75. The van der Waals surface area contributed by atoms with Crippen molar-refractivity contribution in [2.24, 2.45) is 0 Å². The van der Waals surface area contributed by atoms with Gasteiger partial charge in [0.05, 0.1) is 18.2 Å². The molecule has 7 heteroatoms. The number of nitrogens with zero attached hydrogens (tertiary/aromatic N) is 3. The van der Waals surface area contributed by atoms with Crippen molar-refractivity contribution >= 4 is 23.2 Å². The highest BCUT2D eigenvalue weighted by molar-refractivity contribution is 6.30. The number of hydrogen-bond donors (Lipinski definition) is 1. The number of halogens is 1. The van der Waals surface area contributed by atoms with Gasteiger partial charge in [0, 0.05) is 16.3 Å². The highest BCUT2D eigenvalue weighted by Gasteiger charge is 2.35. The zero-order chi connectivity index (χ0) is 23.7. The molecule has 5 rings (SSSR count). The summed E-state index contributed by atoms with van der Waals surface area (Å²) in [6.07, 6.45) is 0. The summed E-state index contributed by atoms with van der Waals surface area (Å²) in [5, 5.41) is 7.93. The molecule has 1 N–H and O–H groups in total. The average Bonchev–Trinajstić information content (AvgIpc) is 3.32. The van der Waals surface area contributed by atoms with E-state index in [-0.39, 0.29) is 6.03 Å². The number of amides is 2. The minimum absolute atomic E-state index is 0.200. The van der Waals surface area contributed by atoms with Gasteiger partial charge in [0.1, 0.15) is 0 Å². The normalized spacial score (nSPS) is 16.0. The lowest BCUT2D eigenvalue weighted by Gasteiger charge is -2.35. The Bertz CT molecular complexity index is 1380. The molecule has 0 spiro atoms. The van der Waals surface area contributed by atoms with Crippen LogP contribution in [-0.4, -0.2) is 21.1 Å². The Morgan fingerprint density at radius 2 is 1.79 bits per heavy atom. The smallest absolute Gasteiger partial charge is 0.322 e. The van der Waals surface area contributed by atoms with E-state index in [9.17, 15) is 4.79 Å². The van der Waals surface area contributed by atoms with Gasteiger partial charge in [-0.15, -0.1) is 0 Å². The van der Waals surface area contributed by atoms with E-state index < -0.39 is 6.04 Å². The van der Waals surface area contributed by atoms with E-state index >= 15 is 0 Å². The molecule has 2 heterocycles. The van der Waals surface area contributed by atoms with E-state index in [0.717, 1.165) is 33.5 Å². The Labute approximate surface area is 202 Å². The molecular formula is C27H23ClN4O2. The van der Waals surface area contributed by atoms with E-state index in [1.807, 2.05) is 86.6 Å². The first-order valence-corrected chi connectivity index (χ1v) is 11.4. The van der Waals surface area contributed by atoms with Gasteiger partial charge in [0.15, 0.2) is 0 Å². The third kappa shape index (κ3) is 4.32. The van der Waals surface area contributed by atoms with Crippen LogP contribution in [0.25, 0.3) is 17.0 Å². The monoisotopic (exact) mass is 470 g/mol. The largest absolute Gasteiger partial charge is 0.334 e. The predicted molar refractivity (Wildman–Crippen MR) is 132 cm³/mol. The van der Waals surface area contributed by atoms with Gasteiger partial charge < -0.3 is 9.84 Å². The first-order chi connectivity index (χ1) is 16.5. The molecule has 0 radical (unpaired) electrons. The zero-order valence-electron chi connectivity index (χ0n) is 18.8. The fraction of sp³-hybridized carbons (Fsp3) is 0.148. The molecule has 0 saturated carbocycles. The average molecular weight is 471 g/mol. The summed E-state index contributed by atoms with van der Waals surface area (Å²) in [6, 6.07) is 24.5. The minimum Gasteiger partial charge on any atom is -0.334 e. The van der Waals surface area contributed by atoms with Crippen LogP contribution in [0.5, 0.6) is 0 Å². The van der Waals surface area contributed by atoms with Crippen molar-refractivity contribution in [3.8, 4) is 11.4 Å². The maximum atomic E-state index is 13.2. The first kappa shape index (κ1) is 21.9. The third-order valence-corrected chi connectivity index (χ3v) is 6.13. The predicted octanol–water partition coefficient (Wildman–Crippen LogP) is 6.40. The van der Waals surface area contributed by atoms with E-state index in [4.69, 9.17) is 21.1 Å². The molecule has 1 aliphatic heterocycles. The molecule has 0 bridgehead atoms. The molecule has 0 saturated heterocycles. The van der Waals surface area contributed by atoms with Crippen molar-refractivity contribution in [2.45, 2.75) is 26.4 Å². The Balaban J connectivity index is 1.61. The van der Waals surface area contributed by atoms with Crippen LogP contribution in [-0.2, 0) is 6.54 Å². The molecule has 3 aromatic carbocycles. The van der Waals surface area contributed by atoms with E-state index in [1.165, 1.54) is 0 Å². The number of nitrogens with one attached hydrogen (secondary N) is 1. The molecule has 6 nitrogen and oxygen atoms in total. The minimum atomic E-state index is -0.482. The van der Waals surface area contributed by atoms with Gasteiger partial charge in [-0.1, -0.05) is 83.0 Å². The molecule has 170 valence electrons. The number of aryl methyl sites for hydroxylation is 1. The maximum Gasteiger partial charge on any atom is 0.322 e. The van der Waals surface area contributed by atoms with Gasteiger partial charge in [-0.2, -0.15) is 4.98 Å². The van der Waals surface area contributed by atoms with Crippen molar-refractivity contribution in [1.82, 2.24) is 20.4 Å². The third-order valence-electron chi connectivity index (χ3n) is 5.89. The van der Waals surface area contributed by atoms with Crippen LogP contribution >= 0.6 is 11.6 Å². The van der Waals surface area contributed by atoms with Gasteiger partial charge in [-0.05, 0) is 43.2 Å². The molecule has 1 aliphatic rings. The van der Waals surface area contributed by atoms with Crippen LogP contribution in [0.15, 0.2) is 89.1 Å². The van der Waals surface area contributed by atoms with Gasteiger partial charge in [-0.25, -0.2) is 4.79 Å². The van der Waals surface area contributed by atoms with E-state index in [2.05, 4.69) is 10.5 Å². The van der Waals surface area contributed by atoms with Crippen molar-refractivity contribution in [3.05, 3.63) is 112 Å². The summed E-state index contributed by atoms with van der Waals surface area (Å²) in [5.74, 6) is 0.854. The molecule has 0 aliphatic carbocycles. The van der Waals surface area contributed by atoms with Crippen LogP contribution in [0.1, 0.15) is 35.5 Å². The van der Waals surface area contributed by atoms with Crippen LogP contribution in [0.2, 0.25) is 5.02 Å². The van der Waals surface area contributed by atoms with Gasteiger partial charge in [0.2, 0.25) is 5.82 Å². The number of aromatic nitrogens is 2. The molecule has 34 heavy (non-hydrogen) atoms. The van der Waals surface area contributed by atoms with E-state index in [0.29, 0.717) is 23.3 Å². The topological polar surface area (TPSA) is 71.3 Å². The van der Waals surface area contributed by atoms with Gasteiger partial charge in [-0.3, -0.25) is 4.90 Å². The quantitative estimate of drug-likeness (QED) is 0.366. The fourth-order valence-electron chi connectivity index (χ4n) is 4.19. The summed E-state index contributed by atoms with van der Waals surface area (Å²) in [7, 11) is 0. The summed E-state index contributed by atoms with van der Waals surface area (Å²) in [6.45, 7) is 4.35. The lowest BCUT2D eigenvalue weighted by atomic mass is 9.94. The zero-order valence-corrected chi connectivity index (χ0v) is 19.6. The second-order valence-electron chi connectivity index (χ2n) is 8.30. The number of hydrogen-bond acceptors (Lipinski definition) is 4. The molecule has 1 aromatic heterocycles. The molecule has 2 amide bonds. The molecule has 1 unspecified atom stereocenters. The van der Waals surface area contributed by atoms with E-state index in [1.54, 1.807) is 11.0 Å². The number of rotatable bonds is 5. The second kappa shape index (κ2) is 9.15. The van der Waals surface area contributed by atoms with Crippen molar-refractivity contribution < 1.29 is 9.32 Å². The maximum absolute atomic E-state index is 13.2. The molecule has 1 atom stereocenters. The van der Waals surface area contributed by atoms with Crippen molar-refractivity contribution in [2.75, 3.05) is 0 Å². The van der Waals surface area contributed by atoms with Crippen LogP contribution in [0, 0.1) is 6.92 Å². The molecule has 0 fully saturated rings. The Morgan fingerprint density at radius 3 is 2.56 bits per heavy atom. The highest BCUT2D eigenvalue weighted by Crippen LogP contribution is 2.38. The number of benzene rings is 3. The second-order valence-corrected chi connectivity index (χ2v) is 8.74. The number of carbonyl (C=O) groups is 1. The van der Waals surface area contributed by atoms with Crippen molar-refractivity contribution in [1.29, 1.82) is 0 Å². The van der Waals surface area contributed by atoms with Crippen LogP contribution in [0.3, 0.4) is 0 Å². The van der Waals surface area contributed by atoms with Gasteiger partial charge >= 0.3 is 6.03 Å². The number of urea groups is 1. The fourth-order valence-corrected chi connectivity index (χ4v) is 4.38. The summed E-state index contributed by atoms with van der Waals surface area (Å²) >= 11 is 6.27. The lowest BCUT2D eigenvalue weighted by Crippen LogP contribution is -2.45. The summed E-state index contributed by atoms with van der Waals surface area (Å²) in [5.41, 5.74) is 5.32. The summed E-state index contributed by atoms with van der Waals surface area (Å²) in [4.78, 5) is 19.6. The SMILES string of the molecule is CC1=C(c2nc(-c3cccc(C)c3)no2)C(c2cccc(Cl)c2)NC(=O)N1Cc1ccccc1. The standard InChI is InChI=1S/C27H23ClN4O2/c1-17-8-6-12-21(14-17)25-30-26(34-31-25)23-18(2)32(16-19-9-4-3-5-10-19)27(33)29-24(23)20-11-7-13-22(28)15-20/h3-15,24H,16H2,1-2H3,(H,29,33). The van der Waals surface area contributed by atoms with Crippen molar-refractivity contribution in [3.63, 3.8) is 0 Å². The highest BCUT2D eigenvalue weighted by atomic mass is 35.5. The van der Waals surface area contributed by atoms with Crippen LogP contribution < -0.4 is 5.32 Å². The van der Waals surface area contributed by atoms with Gasteiger partial charge in [0.25, 0.3) is 5.89 Å². The number of allylic oxidation sites excluding steroid dienone is 1. The molecular weight excluding hydrogens is 448 g/mol. The Kier molecular flexibility index (Phi) is 5.90.